The van der Waals surface area contributed by atoms with E-state index in [1.165, 1.54) is 11.1 Å². The van der Waals surface area contributed by atoms with E-state index in [0.717, 1.165) is 12.4 Å². The molecule has 0 bridgehead atoms. The second-order valence-corrected chi connectivity index (χ2v) is 3.36. The SMILES string of the molecule is Cc1ccccc1CN(C)CS. The number of nitrogens with zero attached hydrogens (tertiary/aromatic N) is 1. The Balaban J connectivity index is 2.69. The summed E-state index contributed by atoms with van der Waals surface area (Å²) in [6, 6.07) is 8.45. The number of aryl methyl sites for hydroxylation is 1. The summed E-state index contributed by atoms with van der Waals surface area (Å²) < 4.78 is 0. The molecule has 0 spiro atoms. The number of rotatable bonds is 3. The number of thiol groups is 1. The van der Waals surface area contributed by atoms with Crippen LogP contribution in [0.4, 0.5) is 0 Å². The van der Waals surface area contributed by atoms with E-state index in [2.05, 4.69) is 55.8 Å². The van der Waals surface area contributed by atoms with Crippen LogP contribution in [0.3, 0.4) is 0 Å². The Morgan fingerprint density at radius 2 is 2.00 bits per heavy atom. The summed E-state index contributed by atoms with van der Waals surface area (Å²) in [7, 11) is 2.07. The molecule has 0 saturated carbocycles. The van der Waals surface area contributed by atoms with Gasteiger partial charge >= 0.3 is 0 Å². The van der Waals surface area contributed by atoms with E-state index in [9.17, 15) is 0 Å². The van der Waals surface area contributed by atoms with Gasteiger partial charge in [0.1, 0.15) is 0 Å². The zero-order valence-corrected chi connectivity index (χ0v) is 8.51. The number of hydrogen-bond donors (Lipinski definition) is 1. The third-order valence-electron chi connectivity index (χ3n) is 1.94. The fourth-order valence-corrected chi connectivity index (χ4v) is 1.23. The van der Waals surface area contributed by atoms with Crippen molar-refractivity contribution in [2.24, 2.45) is 0 Å². The summed E-state index contributed by atoms with van der Waals surface area (Å²) in [4.78, 5) is 2.17. The first-order valence-corrected chi connectivity index (χ1v) is 4.71. The molecule has 0 atom stereocenters. The fourth-order valence-electron chi connectivity index (χ4n) is 1.13. The second kappa shape index (κ2) is 4.53. The highest BCUT2D eigenvalue weighted by Gasteiger charge is 1.99. The van der Waals surface area contributed by atoms with Gasteiger partial charge in [0.2, 0.25) is 0 Å². The molecule has 1 rings (SSSR count). The van der Waals surface area contributed by atoms with Crippen molar-refractivity contribution >= 4 is 12.6 Å². The maximum Gasteiger partial charge on any atom is 0.0414 e. The molecule has 0 aliphatic carbocycles. The summed E-state index contributed by atoms with van der Waals surface area (Å²) in [5, 5.41) is 0. The minimum Gasteiger partial charge on any atom is -0.293 e. The van der Waals surface area contributed by atoms with Gasteiger partial charge in [-0.25, -0.2) is 0 Å². The third kappa shape index (κ3) is 2.54. The van der Waals surface area contributed by atoms with Gasteiger partial charge in [-0.1, -0.05) is 24.3 Å². The van der Waals surface area contributed by atoms with Crippen LogP contribution in [0.5, 0.6) is 0 Å². The predicted molar refractivity (Wildman–Crippen MR) is 56.5 cm³/mol. The first-order valence-electron chi connectivity index (χ1n) is 4.08. The van der Waals surface area contributed by atoms with Gasteiger partial charge in [0.05, 0.1) is 0 Å². The van der Waals surface area contributed by atoms with Crippen LogP contribution in [0.15, 0.2) is 24.3 Å². The highest BCUT2D eigenvalue weighted by Crippen LogP contribution is 2.09. The van der Waals surface area contributed by atoms with Gasteiger partial charge in [0, 0.05) is 12.4 Å². The lowest BCUT2D eigenvalue weighted by Gasteiger charge is -2.14. The van der Waals surface area contributed by atoms with Crippen LogP contribution in [0.25, 0.3) is 0 Å². The van der Waals surface area contributed by atoms with Crippen LogP contribution in [-0.2, 0) is 6.54 Å². The molecule has 12 heavy (non-hydrogen) atoms. The Morgan fingerprint density at radius 1 is 1.33 bits per heavy atom. The molecule has 0 aliphatic heterocycles. The predicted octanol–water partition coefficient (Wildman–Crippen LogP) is 2.31. The lowest BCUT2D eigenvalue weighted by molar-refractivity contribution is 0.386. The van der Waals surface area contributed by atoms with E-state index < -0.39 is 0 Å². The van der Waals surface area contributed by atoms with E-state index in [-0.39, 0.29) is 0 Å². The molecule has 2 heteroatoms. The topological polar surface area (TPSA) is 3.24 Å². The average molecular weight is 181 g/mol. The standard InChI is InChI=1S/C10H15NS/c1-9-5-3-4-6-10(9)7-11(2)8-12/h3-6,12H,7-8H2,1-2H3. The third-order valence-corrected chi connectivity index (χ3v) is 2.43. The lowest BCUT2D eigenvalue weighted by atomic mass is 10.1. The normalized spacial score (nSPS) is 10.7. The summed E-state index contributed by atoms with van der Waals surface area (Å²) in [6.45, 7) is 3.12. The first kappa shape index (κ1) is 9.62. The minimum absolute atomic E-state index is 0.800. The molecule has 0 unspecified atom stereocenters. The van der Waals surface area contributed by atoms with E-state index >= 15 is 0 Å². The van der Waals surface area contributed by atoms with Crippen LogP contribution in [0.2, 0.25) is 0 Å². The van der Waals surface area contributed by atoms with E-state index in [0.29, 0.717) is 0 Å². The smallest absolute Gasteiger partial charge is 0.0414 e. The van der Waals surface area contributed by atoms with Crippen molar-refractivity contribution in [2.75, 3.05) is 12.9 Å². The Bertz CT molecular complexity index is 247. The maximum absolute atomic E-state index is 4.21. The molecule has 0 radical (unpaired) electrons. The molecule has 0 aliphatic rings. The molecule has 0 amide bonds. The molecule has 1 nitrogen and oxygen atoms in total. The molecule has 1 aromatic rings. The van der Waals surface area contributed by atoms with Gasteiger partial charge in [0.25, 0.3) is 0 Å². The fraction of sp³-hybridized carbons (Fsp3) is 0.400. The Morgan fingerprint density at radius 3 is 2.58 bits per heavy atom. The average Bonchev–Trinajstić information content (AvgIpc) is 2.09. The van der Waals surface area contributed by atoms with Crippen molar-refractivity contribution in [2.45, 2.75) is 13.5 Å². The summed E-state index contributed by atoms with van der Waals surface area (Å²) >= 11 is 4.21. The Labute approximate surface area is 79.8 Å². The Hall–Kier alpha value is -0.470. The van der Waals surface area contributed by atoms with Crippen LogP contribution in [0, 0.1) is 6.92 Å². The van der Waals surface area contributed by atoms with Crippen molar-refractivity contribution in [3.63, 3.8) is 0 Å². The summed E-state index contributed by atoms with van der Waals surface area (Å²) in [5.41, 5.74) is 2.74. The zero-order valence-electron chi connectivity index (χ0n) is 7.62. The van der Waals surface area contributed by atoms with Gasteiger partial charge in [-0.15, -0.1) is 0 Å². The van der Waals surface area contributed by atoms with Crippen LogP contribution in [-0.4, -0.2) is 17.8 Å². The molecule has 0 fully saturated rings. The molecule has 1 aromatic carbocycles. The monoisotopic (exact) mass is 181 g/mol. The first-order chi connectivity index (χ1) is 5.74. The van der Waals surface area contributed by atoms with Crippen molar-refractivity contribution in [3.8, 4) is 0 Å². The highest BCUT2D eigenvalue weighted by atomic mass is 32.1. The van der Waals surface area contributed by atoms with Crippen molar-refractivity contribution in [1.82, 2.24) is 4.90 Å². The van der Waals surface area contributed by atoms with E-state index in [4.69, 9.17) is 0 Å². The zero-order chi connectivity index (χ0) is 8.97. The van der Waals surface area contributed by atoms with Crippen molar-refractivity contribution in [1.29, 1.82) is 0 Å². The van der Waals surface area contributed by atoms with Crippen LogP contribution >= 0.6 is 12.6 Å². The molecule has 66 valence electrons. The van der Waals surface area contributed by atoms with Gasteiger partial charge in [-0.3, -0.25) is 4.90 Å². The van der Waals surface area contributed by atoms with Crippen LogP contribution in [0.1, 0.15) is 11.1 Å². The summed E-state index contributed by atoms with van der Waals surface area (Å²) in [6.07, 6.45) is 0. The molecular weight excluding hydrogens is 166 g/mol. The van der Waals surface area contributed by atoms with Crippen LogP contribution < -0.4 is 0 Å². The second-order valence-electron chi connectivity index (χ2n) is 3.08. The van der Waals surface area contributed by atoms with Gasteiger partial charge in [-0.2, -0.15) is 12.6 Å². The number of benzene rings is 1. The van der Waals surface area contributed by atoms with E-state index in [1.807, 2.05) is 0 Å². The number of hydrogen-bond acceptors (Lipinski definition) is 2. The molecule has 0 saturated heterocycles. The highest BCUT2D eigenvalue weighted by molar-refractivity contribution is 7.80. The summed E-state index contributed by atoms with van der Waals surface area (Å²) in [5.74, 6) is 0.800. The van der Waals surface area contributed by atoms with Crippen molar-refractivity contribution in [3.05, 3.63) is 35.4 Å². The molecular formula is C10H15NS. The molecule has 0 aromatic heterocycles. The molecule has 0 N–H and O–H groups in total. The van der Waals surface area contributed by atoms with Crippen molar-refractivity contribution < 1.29 is 0 Å². The lowest BCUT2D eigenvalue weighted by Crippen LogP contribution is -2.15. The van der Waals surface area contributed by atoms with Gasteiger partial charge in [-0.05, 0) is 25.1 Å². The Kier molecular flexibility index (Phi) is 3.63. The minimum atomic E-state index is 0.800. The maximum atomic E-state index is 4.21. The van der Waals surface area contributed by atoms with E-state index in [1.54, 1.807) is 0 Å². The molecule has 0 heterocycles. The van der Waals surface area contributed by atoms with Gasteiger partial charge < -0.3 is 0 Å². The van der Waals surface area contributed by atoms with Gasteiger partial charge in [0.15, 0.2) is 0 Å². The quantitative estimate of drug-likeness (QED) is 0.553. The largest absolute Gasteiger partial charge is 0.293 e.